The van der Waals surface area contributed by atoms with Gasteiger partial charge in [0.15, 0.2) is 0 Å². The summed E-state index contributed by atoms with van der Waals surface area (Å²) in [6.07, 6.45) is 5.22. The van der Waals surface area contributed by atoms with E-state index in [9.17, 15) is 4.79 Å². The Morgan fingerprint density at radius 2 is 2.17 bits per heavy atom. The minimum Gasteiger partial charge on any atom is -0.376 e. The molecule has 18 heavy (non-hydrogen) atoms. The van der Waals surface area contributed by atoms with Crippen molar-refractivity contribution in [1.82, 2.24) is 4.90 Å². The molecule has 0 aliphatic carbocycles. The zero-order valence-corrected chi connectivity index (χ0v) is 12.6. The number of amides is 1. The number of carbonyl (C=O) groups is 1. The van der Waals surface area contributed by atoms with Crippen LogP contribution in [0.2, 0.25) is 0 Å². The standard InChI is InChI=1S/C13H26N2O2.ClH/c1-4-8-13(2,14)12(16)15(3)10-11-7-5-6-9-17-11;/h11H,4-10,14H2,1-3H3;1H. The molecule has 2 N–H and O–H groups in total. The van der Waals surface area contributed by atoms with Gasteiger partial charge < -0.3 is 15.4 Å². The normalized spacial score (nSPS) is 22.8. The fraction of sp³-hybridized carbons (Fsp3) is 0.923. The van der Waals surface area contributed by atoms with Crippen molar-refractivity contribution in [2.75, 3.05) is 20.2 Å². The maximum Gasteiger partial charge on any atom is 0.242 e. The Morgan fingerprint density at radius 3 is 2.67 bits per heavy atom. The third-order valence-electron chi connectivity index (χ3n) is 3.36. The van der Waals surface area contributed by atoms with Gasteiger partial charge in [-0.25, -0.2) is 0 Å². The Bertz CT molecular complexity index is 253. The number of nitrogens with zero attached hydrogens (tertiary/aromatic N) is 1. The van der Waals surface area contributed by atoms with Gasteiger partial charge in [-0.3, -0.25) is 4.79 Å². The first kappa shape index (κ1) is 17.7. The molecule has 0 aromatic rings. The number of likely N-dealkylation sites (N-methyl/N-ethyl adjacent to an activating group) is 1. The summed E-state index contributed by atoms with van der Waals surface area (Å²) in [7, 11) is 1.82. The summed E-state index contributed by atoms with van der Waals surface area (Å²) >= 11 is 0. The van der Waals surface area contributed by atoms with E-state index in [1.54, 1.807) is 4.90 Å². The van der Waals surface area contributed by atoms with Crippen LogP contribution >= 0.6 is 12.4 Å². The predicted molar refractivity (Wildman–Crippen MR) is 76.0 cm³/mol. The molecule has 1 fully saturated rings. The maximum absolute atomic E-state index is 12.2. The third kappa shape index (κ3) is 5.12. The molecule has 0 aromatic heterocycles. The molecule has 108 valence electrons. The molecule has 2 atom stereocenters. The van der Waals surface area contributed by atoms with Crippen molar-refractivity contribution in [2.24, 2.45) is 5.73 Å². The summed E-state index contributed by atoms with van der Waals surface area (Å²) in [5.41, 5.74) is 5.31. The van der Waals surface area contributed by atoms with E-state index < -0.39 is 5.54 Å². The first-order valence-corrected chi connectivity index (χ1v) is 6.63. The number of nitrogens with two attached hydrogens (primary N) is 1. The third-order valence-corrected chi connectivity index (χ3v) is 3.36. The van der Waals surface area contributed by atoms with Crippen LogP contribution in [0.3, 0.4) is 0 Å². The summed E-state index contributed by atoms with van der Waals surface area (Å²) < 4.78 is 5.64. The Labute approximate surface area is 117 Å². The van der Waals surface area contributed by atoms with Gasteiger partial charge in [-0.15, -0.1) is 12.4 Å². The first-order chi connectivity index (χ1) is 7.97. The van der Waals surface area contributed by atoms with Gasteiger partial charge in [0.2, 0.25) is 5.91 Å². The second kappa shape index (κ2) is 7.97. The van der Waals surface area contributed by atoms with Crippen LogP contribution in [-0.4, -0.2) is 42.6 Å². The Morgan fingerprint density at radius 1 is 1.50 bits per heavy atom. The van der Waals surface area contributed by atoms with Gasteiger partial charge in [-0.1, -0.05) is 13.3 Å². The Kier molecular flexibility index (Phi) is 7.83. The first-order valence-electron chi connectivity index (χ1n) is 6.63. The van der Waals surface area contributed by atoms with E-state index in [-0.39, 0.29) is 24.4 Å². The number of ether oxygens (including phenoxy) is 1. The van der Waals surface area contributed by atoms with E-state index >= 15 is 0 Å². The van der Waals surface area contributed by atoms with Crippen LogP contribution in [-0.2, 0) is 9.53 Å². The number of halogens is 1. The lowest BCUT2D eigenvalue weighted by Crippen LogP contribution is -2.53. The quantitative estimate of drug-likeness (QED) is 0.836. The highest BCUT2D eigenvalue weighted by Gasteiger charge is 2.31. The van der Waals surface area contributed by atoms with E-state index in [1.165, 1.54) is 6.42 Å². The monoisotopic (exact) mass is 278 g/mol. The molecule has 1 heterocycles. The zero-order chi connectivity index (χ0) is 12.9. The summed E-state index contributed by atoms with van der Waals surface area (Å²) in [5.74, 6) is 0.0218. The van der Waals surface area contributed by atoms with Gasteiger partial charge >= 0.3 is 0 Å². The molecule has 0 aromatic carbocycles. The van der Waals surface area contributed by atoms with Crippen LogP contribution < -0.4 is 5.73 Å². The molecule has 0 bridgehead atoms. The van der Waals surface area contributed by atoms with Crippen LogP contribution in [0, 0.1) is 0 Å². The predicted octanol–water partition coefficient (Wildman–Crippen LogP) is 1.95. The fourth-order valence-corrected chi connectivity index (χ4v) is 2.40. The van der Waals surface area contributed by atoms with Gasteiger partial charge in [-0.05, 0) is 32.6 Å². The van der Waals surface area contributed by atoms with Crippen molar-refractivity contribution in [2.45, 2.75) is 57.6 Å². The number of hydrogen-bond acceptors (Lipinski definition) is 3. The Balaban J connectivity index is 0.00000289. The second-order valence-electron chi connectivity index (χ2n) is 5.34. The minimum absolute atomic E-state index is 0. The lowest BCUT2D eigenvalue weighted by atomic mass is 9.95. The average Bonchev–Trinajstić information content (AvgIpc) is 2.29. The summed E-state index contributed by atoms with van der Waals surface area (Å²) in [4.78, 5) is 13.9. The number of hydrogen-bond donors (Lipinski definition) is 1. The van der Waals surface area contributed by atoms with Crippen LogP contribution in [0.1, 0.15) is 46.0 Å². The van der Waals surface area contributed by atoms with Crippen LogP contribution in [0.5, 0.6) is 0 Å². The lowest BCUT2D eigenvalue weighted by Gasteiger charge is -2.32. The highest BCUT2D eigenvalue weighted by Crippen LogP contribution is 2.16. The highest BCUT2D eigenvalue weighted by atomic mass is 35.5. The van der Waals surface area contributed by atoms with Gasteiger partial charge in [0.05, 0.1) is 11.6 Å². The van der Waals surface area contributed by atoms with Crippen molar-refractivity contribution in [3.63, 3.8) is 0 Å². The second-order valence-corrected chi connectivity index (χ2v) is 5.34. The number of rotatable bonds is 5. The van der Waals surface area contributed by atoms with Gasteiger partial charge in [0.25, 0.3) is 0 Å². The molecule has 0 radical (unpaired) electrons. The molecule has 1 aliphatic rings. The average molecular weight is 279 g/mol. The van der Waals surface area contributed by atoms with Crippen molar-refractivity contribution < 1.29 is 9.53 Å². The molecule has 5 heteroatoms. The fourth-order valence-electron chi connectivity index (χ4n) is 2.40. The molecule has 1 aliphatic heterocycles. The summed E-state index contributed by atoms with van der Waals surface area (Å²) in [6.45, 7) is 5.34. The lowest BCUT2D eigenvalue weighted by molar-refractivity contribution is -0.137. The number of carbonyl (C=O) groups excluding carboxylic acids is 1. The molecular weight excluding hydrogens is 252 g/mol. The molecule has 1 saturated heterocycles. The topological polar surface area (TPSA) is 55.6 Å². The summed E-state index contributed by atoms with van der Waals surface area (Å²) in [6, 6.07) is 0. The van der Waals surface area contributed by atoms with Crippen LogP contribution in [0.15, 0.2) is 0 Å². The molecule has 0 saturated carbocycles. The molecule has 4 nitrogen and oxygen atoms in total. The molecule has 2 unspecified atom stereocenters. The molecule has 1 rings (SSSR count). The smallest absolute Gasteiger partial charge is 0.242 e. The minimum atomic E-state index is -0.738. The SMILES string of the molecule is CCCC(C)(N)C(=O)N(C)CC1CCCCO1.Cl. The van der Waals surface area contributed by atoms with E-state index in [0.29, 0.717) is 6.54 Å². The van der Waals surface area contributed by atoms with E-state index in [1.807, 2.05) is 20.9 Å². The largest absolute Gasteiger partial charge is 0.376 e. The maximum atomic E-state index is 12.2. The van der Waals surface area contributed by atoms with Crippen LogP contribution in [0.4, 0.5) is 0 Å². The van der Waals surface area contributed by atoms with Crippen molar-refractivity contribution in [1.29, 1.82) is 0 Å². The van der Waals surface area contributed by atoms with Crippen molar-refractivity contribution in [3.8, 4) is 0 Å². The molecular formula is C13H27ClN2O2. The van der Waals surface area contributed by atoms with E-state index in [2.05, 4.69) is 0 Å². The van der Waals surface area contributed by atoms with Gasteiger partial charge in [-0.2, -0.15) is 0 Å². The summed E-state index contributed by atoms with van der Waals surface area (Å²) in [5, 5.41) is 0. The Hall–Kier alpha value is -0.320. The van der Waals surface area contributed by atoms with Gasteiger partial charge in [0, 0.05) is 20.2 Å². The van der Waals surface area contributed by atoms with Crippen molar-refractivity contribution in [3.05, 3.63) is 0 Å². The van der Waals surface area contributed by atoms with E-state index in [4.69, 9.17) is 10.5 Å². The van der Waals surface area contributed by atoms with Crippen molar-refractivity contribution >= 4 is 18.3 Å². The molecule has 1 amide bonds. The van der Waals surface area contributed by atoms with Crippen LogP contribution in [0.25, 0.3) is 0 Å². The zero-order valence-electron chi connectivity index (χ0n) is 11.8. The van der Waals surface area contributed by atoms with Gasteiger partial charge in [0.1, 0.15) is 0 Å². The molecule has 0 spiro atoms. The van der Waals surface area contributed by atoms with E-state index in [0.717, 1.165) is 32.3 Å². The highest BCUT2D eigenvalue weighted by molar-refractivity contribution is 5.85.